The average Bonchev–Trinajstić information content (AvgIpc) is 3.38. The van der Waals surface area contributed by atoms with Crippen molar-refractivity contribution in [2.24, 2.45) is 0 Å². The molecule has 0 amide bonds. The lowest BCUT2D eigenvalue weighted by atomic mass is 10.2. The van der Waals surface area contributed by atoms with E-state index in [4.69, 9.17) is 9.47 Å². The number of rotatable bonds is 5. The third-order valence-corrected chi connectivity index (χ3v) is 5.23. The number of nitrogens with zero attached hydrogens (tertiary/aromatic N) is 6. The van der Waals surface area contributed by atoms with Gasteiger partial charge in [-0.05, 0) is 40.3 Å². The van der Waals surface area contributed by atoms with Crippen LogP contribution >= 0.6 is 0 Å². The third-order valence-electron chi connectivity index (χ3n) is 5.23. The average molecular weight is 378 g/mol. The zero-order valence-electron chi connectivity index (χ0n) is 15.6. The molecule has 0 unspecified atom stereocenters. The van der Waals surface area contributed by atoms with Crippen molar-refractivity contribution in [1.82, 2.24) is 25.1 Å². The summed E-state index contributed by atoms with van der Waals surface area (Å²) in [5.74, 6) is 2.45. The first kappa shape index (κ1) is 17.0. The first-order valence-electron chi connectivity index (χ1n) is 9.51. The molecular formula is C20H22N6O2. The standard InChI is InChI=1S/C20H22N6O2/c1-2-4-17(5-3-1)25-10-8-24(9-11-25)14-20-21-22-23-26(20)13-16-6-7-18-19(12-16)28-15-27-18/h1-7,12H,8-11,13-15H2. The van der Waals surface area contributed by atoms with Crippen LogP contribution in [0.2, 0.25) is 0 Å². The Bertz CT molecular complexity index is 937. The fourth-order valence-electron chi connectivity index (χ4n) is 3.67. The second kappa shape index (κ2) is 7.47. The molecule has 1 aromatic heterocycles. The molecule has 3 heterocycles. The van der Waals surface area contributed by atoms with Gasteiger partial charge in [0.2, 0.25) is 6.79 Å². The van der Waals surface area contributed by atoms with E-state index in [2.05, 4.69) is 55.7 Å². The SMILES string of the molecule is c1ccc(N2CCN(Cc3nnnn3Cc3ccc4c(c3)OCO4)CC2)cc1. The predicted molar refractivity (Wildman–Crippen MR) is 103 cm³/mol. The topological polar surface area (TPSA) is 68.5 Å². The zero-order valence-corrected chi connectivity index (χ0v) is 15.6. The van der Waals surface area contributed by atoms with E-state index in [1.165, 1.54) is 5.69 Å². The number of para-hydroxylation sites is 1. The molecule has 144 valence electrons. The second-order valence-electron chi connectivity index (χ2n) is 7.04. The lowest BCUT2D eigenvalue weighted by molar-refractivity contribution is 0.174. The van der Waals surface area contributed by atoms with Gasteiger partial charge in [0.25, 0.3) is 0 Å². The Hall–Kier alpha value is -3.13. The number of benzene rings is 2. The highest BCUT2D eigenvalue weighted by molar-refractivity contribution is 5.46. The van der Waals surface area contributed by atoms with Gasteiger partial charge in [-0.15, -0.1) is 5.10 Å². The molecule has 0 spiro atoms. The monoisotopic (exact) mass is 378 g/mol. The summed E-state index contributed by atoms with van der Waals surface area (Å²) >= 11 is 0. The highest BCUT2D eigenvalue weighted by Crippen LogP contribution is 2.32. The summed E-state index contributed by atoms with van der Waals surface area (Å²) in [7, 11) is 0. The number of hydrogen-bond donors (Lipinski definition) is 0. The summed E-state index contributed by atoms with van der Waals surface area (Å²) in [5, 5.41) is 12.3. The second-order valence-corrected chi connectivity index (χ2v) is 7.04. The molecule has 8 heteroatoms. The van der Waals surface area contributed by atoms with E-state index < -0.39 is 0 Å². The molecule has 2 aliphatic rings. The van der Waals surface area contributed by atoms with E-state index in [-0.39, 0.29) is 6.79 Å². The van der Waals surface area contributed by atoms with Gasteiger partial charge in [0, 0.05) is 31.9 Å². The van der Waals surface area contributed by atoms with E-state index in [0.717, 1.165) is 55.6 Å². The van der Waals surface area contributed by atoms with Crippen molar-refractivity contribution in [2.75, 3.05) is 37.9 Å². The fourth-order valence-corrected chi connectivity index (χ4v) is 3.67. The molecule has 0 saturated carbocycles. The van der Waals surface area contributed by atoms with Crippen molar-refractivity contribution in [3.8, 4) is 11.5 Å². The first-order chi connectivity index (χ1) is 13.8. The van der Waals surface area contributed by atoms with Crippen molar-refractivity contribution < 1.29 is 9.47 Å². The van der Waals surface area contributed by atoms with Gasteiger partial charge < -0.3 is 14.4 Å². The van der Waals surface area contributed by atoms with Crippen LogP contribution in [-0.2, 0) is 13.1 Å². The molecule has 0 bridgehead atoms. The van der Waals surface area contributed by atoms with Crippen molar-refractivity contribution >= 4 is 5.69 Å². The van der Waals surface area contributed by atoms with Crippen LogP contribution in [0, 0.1) is 0 Å². The summed E-state index contributed by atoms with van der Waals surface area (Å²) in [4.78, 5) is 4.83. The Kier molecular flexibility index (Phi) is 4.54. The van der Waals surface area contributed by atoms with Gasteiger partial charge in [-0.25, -0.2) is 4.68 Å². The number of aromatic nitrogens is 4. The molecule has 28 heavy (non-hydrogen) atoms. The Morgan fingerprint density at radius 2 is 1.68 bits per heavy atom. The number of piperazine rings is 1. The van der Waals surface area contributed by atoms with Crippen molar-refractivity contribution in [2.45, 2.75) is 13.1 Å². The maximum atomic E-state index is 5.46. The summed E-state index contributed by atoms with van der Waals surface area (Å²) < 4.78 is 12.7. The number of anilines is 1. The summed E-state index contributed by atoms with van der Waals surface area (Å²) in [5.41, 5.74) is 2.38. The van der Waals surface area contributed by atoms with Crippen LogP contribution < -0.4 is 14.4 Å². The van der Waals surface area contributed by atoms with Gasteiger partial charge in [-0.2, -0.15) is 0 Å². The van der Waals surface area contributed by atoms with Crippen LogP contribution in [0.4, 0.5) is 5.69 Å². The predicted octanol–water partition coefficient (Wildman–Crippen LogP) is 1.77. The molecule has 0 radical (unpaired) electrons. The zero-order chi connectivity index (χ0) is 18.8. The lowest BCUT2D eigenvalue weighted by Gasteiger charge is -2.35. The molecule has 1 saturated heterocycles. The Balaban J connectivity index is 1.21. The van der Waals surface area contributed by atoms with Gasteiger partial charge in [0.1, 0.15) is 0 Å². The van der Waals surface area contributed by atoms with Gasteiger partial charge in [0.15, 0.2) is 17.3 Å². The smallest absolute Gasteiger partial charge is 0.231 e. The van der Waals surface area contributed by atoms with Crippen molar-refractivity contribution in [1.29, 1.82) is 0 Å². The third kappa shape index (κ3) is 3.50. The van der Waals surface area contributed by atoms with Gasteiger partial charge in [-0.3, -0.25) is 4.90 Å². The maximum Gasteiger partial charge on any atom is 0.231 e. The summed E-state index contributed by atoms with van der Waals surface area (Å²) in [6.45, 7) is 5.64. The van der Waals surface area contributed by atoms with E-state index in [1.807, 2.05) is 22.9 Å². The van der Waals surface area contributed by atoms with Crippen LogP contribution in [0.1, 0.15) is 11.4 Å². The normalized spacial score (nSPS) is 16.5. The number of tetrazole rings is 1. The molecule has 2 aliphatic heterocycles. The Morgan fingerprint density at radius 3 is 2.54 bits per heavy atom. The van der Waals surface area contributed by atoms with E-state index in [1.54, 1.807) is 0 Å². The highest BCUT2D eigenvalue weighted by Gasteiger charge is 2.20. The molecule has 2 aromatic carbocycles. The van der Waals surface area contributed by atoms with E-state index in [9.17, 15) is 0 Å². The van der Waals surface area contributed by atoms with E-state index in [0.29, 0.717) is 6.54 Å². The van der Waals surface area contributed by atoms with Gasteiger partial charge in [-0.1, -0.05) is 24.3 Å². The Labute approximate surface area is 163 Å². The summed E-state index contributed by atoms with van der Waals surface area (Å²) in [6, 6.07) is 16.5. The molecule has 0 N–H and O–H groups in total. The lowest BCUT2D eigenvalue weighted by Crippen LogP contribution is -2.46. The van der Waals surface area contributed by atoms with Crippen LogP contribution in [-0.4, -0.2) is 58.1 Å². The molecule has 1 fully saturated rings. The highest BCUT2D eigenvalue weighted by atomic mass is 16.7. The van der Waals surface area contributed by atoms with Crippen LogP contribution in [0.5, 0.6) is 11.5 Å². The largest absolute Gasteiger partial charge is 0.454 e. The molecule has 3 aromatic rings. The van der Waals surface area contributed by atoms with Gasteiger partial charge in [0.05, 0.1) is 13.1 Å². The maximum absolute atomic E-state index is 5.46. The molecule has 8 nitrogen and oxygen atoms in total. The van der Waals surface area contributed by atoms with Gasteiger partial charge >= 0.3 is 0 Å². The van der Waals surface area contributed by atoms with Crippen molar-refractivity contribution in [3.05, 3.63) is 59.9 Å². The number of ether oxygens (including phenoxy) is 2. The molecular weight excluding hydrogens is 356 g/mol. The number of fused-ring (bicyclic) bond motifs is 1. The number of hydrogen-bond acceptors (Lipinski definition) is 7. The molecule has 0 atom stereocenters. The van der Waals surface area contributed by atoms with Crippen LogP contribution in [0.25, 0.3) is 0 Å². The fraction of sp³-hybridized carbons (Fsp3) is 0.350. The minimum atomic E-state index is 0.282. The minimum absolute atomic E-state index is 0.282. The van der Waals surface area contributed by atoms with Crippen molar-refractivity contribution in [3.63, 3.8) is 0 Å². The summed E-state index contributed by atoms with van der Waals surface area (Å²) in [6.07, 6.45) is 0. The minimum Gasteiger partial charge on any atom is -0.454 e. The molecule has 5 rings (SSSR count). The molecule has 0 aliphatic carbocycles. The van der Waals surface area contributed by atoms with Crippen LogP contribution in [0.15, 0.2) is 48.5 Å². The first-order valence-corrected chi connectivity index (χ1v) is 9.51. The van der Waals surface area contributed by atoms with Crippen LogP contribution in [0.3, 0.4) is 0 Å². The quantitative estimate of drug-likeness (QED) is 0.670. The Morgan fingerprint density at radius 1 is 0.857 bits per heavy atom. The van der Waals surface area contributed by atoms with E-state index >= 15 is 0 Å².